The molecule has 0 saturated heterocycles. The fourth-order valence-electron chi connectivity index (χ4n) is 1.62. The quantitative estimate of drug-likeness (QED) is 0.916. The van der Waals surface area contributed by atoms with E-state index in [2.05, 4.69) is 15.5 Å². The minimum atomic E-state index is -0.333. The van der Waals surface area contributed by atoms with E-state index in [1.807, 2.05) is 6.92 Å². The lowest BCUT2D eigenvalue weighted by molar-refractivity contribution is 0.0929. The van der Waals surface area contributed by atoms with Crippen LogP contribution >= 0.6 is 11.6 Å². The van der Waals surface area contributed by atoms with Gasteiger partial charge < -0.3 is 14.6 Å². The number of carbonyl (C=O) groups excluding carboxylic acids is 1. The number of pyridine rings is 1. The van der Waals surface area contributed by atoms with Crippen LogP contribution < -0.4 is 5.32 Å². The van der Waals surface area contributed by atoms with Crippen LogP contribution in [-0.4, -0.2) is 23.2 Å². The molecule has 1 N–H and O–H groups in total. The van der Waals surface area contributed by atoms with Gasteiger partial charge in [0.1, 0.15) is 6.61 Å². The Bertz CT molecular complexity index is 583. The largest absolute Gasteiger partial charge is 0.377 e. The molecular formula is C13H14ClN3O3. The highest BCUT2D eigenvalue weighted by Gasteiger charge is 2.16. The number of methoxy groups -OCH3 is 1. The first kappa shape index (κ1) is 14.5. The van der Waals surface area contributed by atoms with Crippen molar-refractivity contribution in [1.29, 1.82) is 0 Å². The third kappa shape index (κ3) is 3.55. The molecule has 7 heteroatoms. The Kier molecular flexibility index (Phi) is 4.70. The summed E-state index contributed by atoms with van der Waals surface area (Å²) in [6, 6.07) is 4.76. The van der Waals surface area contributed by atoms with Crippen molar-refractivity contribution in [3.8, 4) is 0 Å². The average molecular weight is 296 g/mol. The van der Waals surface area contributed by atoms with Crippen molar-refractivity contribution in [2.24, 2.45) is 0 Å². The van der Waals surface area contributed by atoms with E-state index in [9.17, 15) is 4.79 Å². The van der Waals surface area contributed by atoms with E-state index in [0.29, 0.717) is 16.5 Å². The van der Waals surface area contributed by atoms with Crippen molar-refractivity contribution in [3.05, 3.63) is 46.6 Å². The number of aromatic nitrogens is 2. The zero-order valence-corrected chi connectivity index (χ0v) is 11.8. The van der Waals surface area contributed by atoms with Gasteiger partial charge >= 0.3 is 0 Å². The Balaban J connectivity index is 2.01. The van der Waals surface area contributed by atoms with E-state index in [0.717, 1.165) is 0 Å². The first-order valence-corrected chi connectivity index (χ1v) is 6.35. The predicted octanol–water partition coefficient (Wildman–Crippen LogP) is 2.36. The minimum absolute atomic E-state index is 0.206. The molecule has 6 nitrogen and oxygen atoms in total. The standard InChI is InChI=1S/C13H14ClN3O3/c1-8(11-4-3-9(14)6-15-11)16-13(18)12-5-10(7-19-2)20-17-12/h3-6,8H,7H2,1-2H3,(H,16,18)/t8-/m0/s1. The molecule has 0 spiro atoms. The number of nitrogens with zero attached hydrogens (tertiary/aromatic N) is 2. The van der Waals surface area contributed by atoms with E-state index >= 15 is 0 Å². The Labute approximate surface area is 121 Å². The van der Waals surface area contributed by atoms with Gasteiger partial charge in [-0.1, -0.05) is 16.8 Å². The smallest absolute Gasteiger partial charge is 0.274 e. The number of amides is 1. The first-order chi connectivity index (χ1) is 9.60. The summed E-state index contributed by atoms with van der Waals surface area (Å²) in [5, 5.41) is 7.02. The van der Waals surface area contributed by atoms with Gasteiger partial charge in [0.2, 0.25) is 0 Å². The molecule has 0 unspecified atom stereocenters. The van der Waals surface area contributed by atoms with Crippen molar-refractivity contribution >= 4 is 17.5 Å². The third-order valence-corrected chi connectivity index (χ3v) is 2.84. The van der Waals surface area contributed by atoms with Gasteiger partial charge in [0.25, 0.3) is 5.91 Å². The van der Waals surface area contributed by atoms with E-state index in [1.54, 1.807) is 18.2 Å². The average Bonchev–Trinajstić information content (AvgIpc) is 2.88. The molecule has 2 aromatic rings. The van der Waals surface area contributed by atoms with E-state index in [4.69, 9.17) is 20.9 Å². The molecule has 0 aromatic carbocycles. The van der Waals surface area contributed by atoms with Gasteiger partial charge in [0.05, 0.1) is 16.8 Å². The molecule has 106 valence electrons. The van der Waals surface area contributed by atoms with Crippen molar-refractivity contribution < 1.29 is 14.1 Å². The van der Waals surface area contributed by atoms with Gasteiger partial charge in [0.15, 0.2) is 11.5 Å². The maximum absolute atomic E-state index is 12.0. The number of nitrogens with one attached hydrogen (secondary N) is 1. The zero-order chi connectivity index (χ0) is 14.5. The summed E-state index contributed by atoms with van der Waals surface area (Å²) in [6.45, 7) is 2.10. The van der Waals surface area contributed by atoms with E-state index in [1.165, 1.54) is 13.3 Å². The van der Waals surface area contributed by atoms with E-state index in [-0.39, 0.29) is 24.2 Å². The third-order valence-electron chi connectivity index (χ3n) is 2.62. The fourth-order valence-corrected chi connectivity index (χ4v) is 1.73. The summed E-state index contributed by atoms with van der Waals surface area (Å²) >= 11 is 5.77. The second-order valence-electron chi connectivity index (χ2n) is 4.21. The summed E-state index contributed by atoms with van der Waals surface area (Å²) < 4.78 is 9.85. The topological polar surface area (TPSA) is 77.2 Å². The van der Waals surface area contributed by atoms with Crippen LogP contribution in [0.1, 0.15) is 34.9 Å². The highest BCUT2D eigenvalue weighted by molar-refractivity contribution is 6.30. The molecule has 0 bridgehead atoms. The number of hydrogen-bond acceptors (Lipinski definition) is 5. The molecule has 0 saturated carbocycles. The lowest BCUT2D eigenvalue weighted by Gasteiger charge is -2.11. The number of halogens is 1. The van der Waals surface area contributed by atoms with Crippen LogP contribution in [0, 0.1) is 0 Å². The lowest BCUT2D eigenvalue weighted by atomic mass is 10.2. The van der Waals surface area contributed by atoms with Crippen LogP contribution in [0.5, 0.6) is 0 Å². The van der Waals surface area contributed by atoms with Gasteiger partial charge in [-0.2, -0.15) is 0 Å². The summed E-state index contributed by atoms with van der Waals surface area (Å²) in [4.78, 5) is 16.1. The molecule has 2 aromatic heterocycles. The molecule has 0 aliphatic carbocycles. The minimum Gasteiger partial charge on any atom is -0.377 e. The van der Waals surface area contributed by atoms with Crippen LogP contribution in [0.2, 0.25) is 5.02 Å². The maximum Gasteiger partial charge on any atom is 0.274 e. The molecule has 0 aliphatic rings. The molecule has 1 atom stereocenters. The fraction of sp³-hybridized carbons (Fsp3) is 0.308. The molecule has 1 amide bonds. The number of carbonyl (C=O) groups is 1. The van der Waals surface area contributed by atoms with Gasteiger partial charge in [-0.25, -0.2) is 0 Å². The van der Waals surface area contributed by atoms with Gasteiger partial charge in [-0.15, -0.1) is 0 Å². The molecular weight excluding hydrogens is 282 g/mol. The highest BCUT2D eigenvalue weighted by atomic mass is 35.5. The summed E-state index contributed by atoms with van der Waals surface area (Å²) in [5.41, 5.74) is 0.918. The Morgan fingerprint density at radius 3 is 3.00 bits per heavy atom. The zero-order valence-electron chi connectivity index (χ0n) is 11.1. The summed E-state index contributed by atoms with van der Waals surface area (Å²) in [5.74, 6) is 0.162. The Hall–Kier alpha value is -1.92. The van der Waals surface area contributed by atoms with Crippen LogP contribution in [0.25, 0.3) is 0 Å². The monoisotopic (exact) mass is 295 g/mol. The van der Waals surface area contributed by atoms with Crippen LogP contribution in [0.3, 0.4) is 0 Å². The van der Waals surface area contributed by atoms with Crippen LogP contribution in [-0.2, 0) is 11.3 Å². The number of hydrogen-bond donors (Lipinski definition) is 1. The molecule has 0 radical (unpaired) electrons. The lowest BCUT2D eigenvalue weighted by Crippen LogP contribution is -2.27. The van der Waals surface area contributed by atoms with Gasteiger partial charge in [0, 0.05) is 19.4 Å². The summed E-state index contributed by atoms with van der Waals surface area (Å²) in [6.07, 6.45) is 1.53. The number of ether oxygens (including phenoxy) is 1. The molecule has 0 fully saturated rings. The van der Waals surface area contributed by atoms with Crippen LogP contribution in [0.15, 0.2) is 28.9 Å². The highest BCUT2D eigenvalue weighted by Crippen LogP contribution is 2.13. The normalized spacial score (nSPS) is 12.2. The molecule has 2 rings (SSSR count). The van der Waals surface area contributed by atoms with Gasteiger partial charge in [-0.3, -0.25) is 9.78 Å². The van der Waals surface area contributed by atoms with Crippen LogP contribution in [0.4, 0.5) is 0 Å². The van der Waals surface area contributed by atoms with Crippen molar-refractivity contribution in [2.75, 3.05) is 7.11 Å². The molecule has 20 heavy (non-hydrogen) atoms. The first-order valence-electron chi connectivity index (χ1n) is 5.97. The maximum atomic E-state index is 12.0. The summed E-state index contributed by atoms with van der Waals surface area (Å²) in [7, 11) is 1.54. The predicted molar refractivity (Wildman–Crippen MR) is 72.3 cm³/mol. The second kappa shape index (κ2) is 6.49. The molecule has 2 heterocycles. The van der Waals surface area contributed by atoms with Crippen molar-refractivity contribution in [1.82, 2.24) is 15.5 Å². The molecule has 0 aliphatic heterocycles. The SMILES string of the molecule is COCc1cc(C(=O)N[C@@H](C)c2ccc(Cl)cn2)no1. The van der Waals surface area contributed by atoms with E-state index < -0.39 is 0 Å². The second-order valence-corrected chi connectivity index (χ2v) is 4.64. The Morgan fingerprint density at radius 1 is 1.55 bits per heavy atom. The van der Waals surface area contributed by atoms with Crippen molar-refractivity contribution in [2.45, 2.75) is 19.6 Å². The number of rotatable bonds is 5. The Morgan fingerprint density at radius 2 is 2.35 bits per heavy atom. The van der Waals surface area contributed by atoms with Gasteiger partial charge in [-0.05, 0) is 19.1 Å². The van der Waals surface area contributed by atoms with Crippen molar-refractivity contribution in [3.63, 3.8) is 0 Å².